The summed E-state index contributed by atoms with van der Waals surface area (Å²) in [5.41, 5.74) is 1.04. The molecule has 3 rings (SSSR count). The first-order chi connectivity index (χ1) is 18.0. The number of amides is 1. The van der Waals surface area contributed by atoms with Gasteiger partial charge in [-0.25, -0.2) is 9.97 Å². The van der Waals surface area contributed by atoms with E-state index in [0.717, 1.165) is 0 Å². The Balaban J connectivity index is 1.73. The van der Waals surface area contributed by atoms with E-state index in [4.69, 9.17) is 16.3 Å². The van der Waals surface area contributed by atoms with Crippen molar-refractivity contribution in [1.29, 1.82) is 0 Å². The third kappa shape index (κ3) is 9.18. The van der Waals surface area contributed by atoms with Crippen LogP contribution < -0.4 is 15.4 Å². The van der Waals surface area contributed by atoms with Crippen molar-refractivity contribution in [3.63, 3.8) is 0 Å². The van der Waals surface area contributed by atoms with Gasteiger partial charge in [0.2, 0.25) is 11.9 Å². The molecular weight excluding hydrogens is 525 g/mol. The second kappa shape index (κ2) is 13.4. The first kappa shape index (κ1) is 29.2. The fourth-order valence-corrected chi connectivity index (χ4v) is 3.72. The van der Waals surface area contributed by atoms with Gasteiger partial charge in [-0.3, -0.25) is 9.36 Å². The largest absolute Gasteiger partial charge is 0.573 e. The molecule has 0 saturated carbocycles. The molecule has 9 nitrogen and oxygen atoms in total. The summed E-state index contributed by atoms with van der Waals surface area (Å²) in [7, 11) is 0. The van der Waals surface area contributed by atoms with Crippen molar-refractivity contribution >= 4 is 23.3 Å². The average molecular weight is 555 g/mol. The molecule has 13 heteroatoms. The van der Waals surface area contributed by atoms with Crippen molar-refractivity contribution in [2.45, 2.75) is 46.0 Å². The van der Waals surface area contributed by atoms with Crippen molar-refractivity contribution in [2.24, 2.45) is 5.92 Å². The average Bonchev–Trinajstić information content (AvgIpc) is 3.33. The summed E-state index contributed by atoms with van der Waals surface area (Å²) in [4.78, 5) is 25.9. The van der Waals surface area contributed by atoms with E-state index in [9.17, 15) is 18.0 Å². The lowest BCUT2D eigenvalue weighted by Gasteiger charge is -2.21. The fraction of sp³-hybridized carbons (Fsp3) is 0.440. The van der Waals surface area contributed by atoms with Crippen LogP contribution in [0.1, 0.15) is 33.6 Å². The Labute approximate surface area is 223 Å². The molecule has 1 unspecified atom stereocenters. The molecular formula is C25H30ClF3N6O3. The third-order valence-electron chi connectivity index (χ3n) is 5.19. The highest BCUT2D eigenvalue weighted by Gasteiger charge is 2.31. The Kier molecular flexibility index (Phi) is 10.3. The molecule has 0 aliphatic rings. The minimum absolute atomic E-state index is 0.154. The number of hydrogen-bond donors (Lipinski definition) is 2. The van der Waals surface area contributed by atoms with Crippen LogP contribution in [0.25, 0.3) is 17.2 Å². The van der Waals surface area contributed by atoms with Gasteiger partial charge in [0.1, 0.15) is 29.1 Å². The number of halogens is 4. The number of carbonyl (C=O) groups excluding carboxylic acids is 1. The van der Waals surface area contributed by atoms with Crippen molar-refractivity contribution in [3.8, 4) is 23.0 Å². The van der Waals surface area contributed by atoms with Crippen LogP contribution in [0, 0.1) is 5.92 Å². The van der Waals surface area contributed by atoms with Gasteiger partial charge in [-0.1, -0.05) is 25.4 Å². The van der Waals surface area contributed by atoms with E-state index in [1.165, 1.54) is 41.2 Å². The topological polar surface area (TPSA) is 103 Å². The van der Waals surface area contributed by atoms with E-state index < -0.39 is 12.4 Å². The second-order valence-corrected chi connectivity index (χ2v) is 9.17. The molecule has 2 aromatic heterocycles. The molecule has 1 amide bonds. The number of carbonyl (C=O) groups is 1. The summed E-state index contributed by atoms with van der Waals surface area (Å²) in [5, 5.41) is 6.23. The van der Waals surface area contributed by atoms with Crippen LogP contribution in [-0.4, -0.2) is 57.6 Å². The molecule has 0 aliphatic heterocycles. The highest BCUT2D eigenvalue weighted by atomic mass is 35.5. The summed E-state index contributed by atoms with van der Waals surface area (Å²) in [6.07, 6.45) is -0.416. The zero-order chi connectivity index (χ0) is 27.7. The number of imidazole rings is 1. The maximum absolute atomic E-state index is 12.8. The SMILES string of the molecule is CCOCCCNC(=O)C(CC(C)C)Nc1cc(Cl)nc(-n2cnc(-c3ccc(OC(F)(F)F)cc3)c2)n1. The molecule has 0 bridgehead atoms. The number of anilines is 1. The first-order valence-corrected chi connectivity index (χ1v) is 12.5. The quantitative estimate of drug-likeness (QED) is 0.220. The number of nitrogens with zero attached hydrogens (tertiary/aromatic N) is 4. The lowest BCUT2D eigenvalue weighted by atomic mass is 10.0. The second-order valence-electron chi connectivity index (χ2n) is 8.78. The van der Waals surface area contributed by atoms with E-state index in [1.54, 1.807) is 6.20 Å². The van der Waals surface area contributed by atoms with Crippen LogP contribution in [0.15, 0.2) is 42.9 Å². The van der Waals surface area contributed by atoms with Gasteiger partial charge in [-0.05, 0) is 49.9 Å². The normalized spacial score (nSPS) is 12.4. The maximum atomic E-state index is 12.8. The number of hydrogen-bond acceptors (Lipinski definition) is 7. The summed E-state index contributed by atoms with van der Waals surface area (Å²) in [5.74, 6) is 0.316. The monoisotopic (exact) mass is 554 g/mol. The summed E-state index contributed by atoms with van der Waals surface area (Å²) < 4.78 is 48.0. The van der Waals surface area contributed by atoms with E-state index in [0.29, 0.717) is 49.7 Å². The number of rotatable bonds is 13. The summed E-state index contributed by atoms with van der Waals surface area (Å²) in [6.45, 7) is 7.65. The number of ether oxygens (including phenoxy) is 2. The molecule has 2 heterocycles. The maximum Gasteiger partial charge on any atom is 0.573 e. The van der Waals surface area contributed by atoms with Gasteiger partial charge in [0.05, 0.1) is 5.69 Å². The summed E-state index contributed by atoms with van der Waals surface area (Å²) >= 11 is 6.25. The van der Waals surface area contributed by atoms with Crippen molar-refractivity contribution < 1.29 is 27.4 Å². The lowest BCUT2D eigenvalue weighted by Crippen LogP contribution is -2.41. The minimum Gasteiger partial charge on any atom is -0.406 e. The lowest BCUT2D eigenvalue weighted by molar-refractivity contribution is -0.274. The summed E-state index contributed by atoms with van der Waals surface area (Å²) in [6, 6.07) is 6.31. The standard InChI is InChI=1S/C25H30ClF3N6O3/c1-4-37-11-5-10-30-23(36)19(12-16(2)3)32-22-13-21(26)33-24(34-22)35-14-20(31-15-35)17-6-8-18(9-7-17)38-25(27,28)29/h6-9,13-16,19H,4-5,10-12H2,1-3H3,(H,30,36)(H,32,33,34). The fourth-order valence-electron chi connectivity index (χ4n) is 3.54. The smallest absolute Gasteiger partial charge is 0.406 e. The molecule has 0 aliphatic carbocycles. The predicted octanol–water partition coefficient (Wildman–Crippen LogP) is 5.25. The molecule has 0 fully saturated rings. The number of benzene rings is 1. The van der Waals surface area contributed by atoms with E-state index >= 15 is 0 Å². The van der Waals surface area contributed by atoms with Gasteiger partial charge in [-0.15, -0.1) is 13.2 Å². The van der Waals surface area contributed by atoms with Gasteiger partial charge in [-0.2, -0.15) is 4.98 Å². The highest BCUT2D eigenvalue weighted by molar-refractivity contribution is 6.29. The molecule has 1 atom stereocenters. The van der Waals surface area contributed by atoms with Crippen molar-refractivity contribution in [1.82, 2.24) is 24.8 Å². The van der Waals surface area contributed by atoms with Crippen LogP contribution in [0.2, 0.25) is 5.15 Å². The number of aromatic nitrogens is 4. The first-order valence-electron chi connectivity index (χ1n) is 12.1. The van der Waals surface area contributed by atoms with Gasteiger partial charge < -0.3 is 20.1 Å². The van der Waals surface area contributed by atoms with Gasteiger partial charge >= 0.3 is 6.36 Å². The molecule has 2 N–H and O–H groups in total. The highest BCUT2D eigenvalue weighted by Crippen LogP contribution is 2.26. The van der Waals surface area contributed by atoms with Crippen molar-refractivity contribution in [3.05, 3.63) is 48.0 Å². The van der Waals surface area contributed by atoms with Gasteiger partial charge in [0, 0.05) is 37.6 Å². The number of alkyl halides is 3. The van der Waals surface area contributed by atoms with Gasteiger partial charge in [0.25, 0.3) is 0 Å². The molecule has 3 aromatic rings. The van der Waals surface area contributed by atoms with Crippen LogP contribution in [-0.2, 0) is 9.53 Å². The molecule has 0 radical (unpaired) electrons. The molecule has 1 aromatic carbocycles. The Hall–Kier alpha value is -3.38. The molecule has 206 valence electrons. The predicted molar refractivity (Wildman–Crippen MR) is 137 cm³/mol. The molecule has 38 heavy (non-hydrogen) atoms. The Morgan fingerprint density at radius 2 is 1.92 bits per heavy atom. The zero-order valence-electron chi connectivity index (χ0n) is 21.3. The Bertz CT molecular complexity index is 1190. The van der Waals surface area contributed by atoms with E-state index in [1.807, 2.05) is 20.8 Å². The molecule has 0 saturated heterocycles. The Morgan fingerprint density at radius 1 is 1.18 bits per heavy atom. The van der Waals surface area contributed by atoms with Crippen LogP contribution in [0.4, 0.5) is 19.0 Å². The number of nitrogens with one attached hydrogen (secondary N) is 2. The van der Waals surface area contributed by atoms with Crippen molar-refractivity contribution in [2.75, 3.05) is 25.1 Å². The third-order valence-corrected chi connectivity index (χ3v) is 5.39. The van der Waals surface area contributed by atoms with Gasteiger partial charge in [0.15, 0.2) is 0 Å². The molecule has 0 spiro atoms. The Morgan fingerprint density at radius 3 is 2.58 bits per heavy atom. The van der Waals surface area contributed by atoms with E-state index in [-0.39, 0.29) is 28.7 Å². The van der Waals surface area contributed by atoms with Crippen LogP contribution in [0.3, 0.4) is 0 Å². The minimum atomic E-state index is -4.77. The van der Waals surface area contributed by atoms with E-state index in [2.05, 4.69) is 30.3 Å². The zero-order valence-corrected chi connectivity index (χ0v) is 22.0. The van der Waals surface area contributed by atoms with Crippen LogP contribution >= 0.6 is 11.6 Å². The van der Waals surface area contributed by atoms with Crippen LogP contribution in [0.5, 0.6) is 5.75 Å².